The van der Waals surface area contributed by atoms with Crippen LogP contribution in [-0.2, 0) is 16.1 Å². The molecule has 8 heteroatoms. The van der Waals surface area contributed by atoms with Crippen LogP contribution < -0.4 is 15.8 Å². The fourth-order valence-electron chi connectivity index (χ4n) is 4.49. The highest BCUT2D eigenvalue weighted by Gasteiger charge is 2.23. The third-order valence-electron chi connectivity index (χ3n) is 6.03. The van der Waals surface area contributed by atoms with E-state index in [1.807, 2.05) is 62.4 Å². The maximum atomic E-state index is 12.6. The molecule has 4 aromatic rings. The Morgan fingerprint density at radius 3 is 2.25 bits per heavy atom. The third-order valence-corrected chi connectivity index (χ3v) is 6.03. The van der Waals surface area contributed by atoms with Gasteiger partial charge in [-0.05, 0) is 42.2 Å². The van der Waals surface area contributed by atoms with Crippen LogP contribution in [0.2, 0.25) is 0 Å². The van der Waals surface area contributed by atoms with Crippen LogP contribution in [0, 0.1) is 5.92 Å². The summed E-state index contributed by atoms with van der Waals surface area (Å²) in [6.45, 7) is 3.97. The Morgan fingerprint density at radius 2 is 1.61 bits per heavy atom. The van der Waals surface area contributed by atoms with E-state index < -0.39 is 23.8 Å². The van der Waals surface area contributed by atoms with Crippen LogP contribution in [-0.4, -0.2) is 40.1 Å². The van der Waals surface area contributed by atoms with Gasteiger partial charge in [-0.3, -0.25) is 9.59 Å². The summed E-state index contributed by atoms with van der Waals surface area (Å²) >= 11 is 0. The molecule has 0 aliphatic rings. The number of nitrogens with zero attached hydrogens (tertiary/aromatic N) is 1. The fourth-order valence-corrected chi connectivity index (χ4v) is 4.49. The molecule has 8 nitrogen and oxygen atoms in total. The second-order valence-corrected chi connectivity index (χ2v) is 9.16. The summed E-state index contributed by atoms with van der Waals surface area (Å²) in [5.41, 5.74) is 8.79. The molecule has 186 valence electrons. The number of carbonyl (C=O) groups excluding carboxylic acids is 2. The average molecular weight is 488 g/mol. The second kappa shape index (κ2) is 10.5. The lowest BCUT2D eigenvalue weighted by molar-refractivity contribution is -0.142. The molecule has 1 atom stereocenters. The Hall–Kier alpha value is -4.33. The highest BCUT2D eigenvalue weighted by atomic mass is 16.5. The molecule has 0 aliphatic heterocycles. The lowest BCUT2D eigenvalue weighted by atomic mass is 10.0. The number of fused-ring (bicyclic) bond motifs is 3. The Bertz CT molecular complexity index is 1430. The molecule has 0 radical (unpaired) electrons. The number of amides is 2. The molecule has 0 aliphatic carbocycles. The van der Waals surface area contributed by atoms with Crippen LogP contribution in [0.3, 0.4) is 0 Å². The first kappa shape index (κ1) is 24.8. The standard InChI is InChI=1S/C28H29N3O5/c1-17(2)14-20(28(34)35)30-24(32)16-36-23-13-7-12-22-26(23)25-19(27(29)33)10-6-11-21(25)31(22)15-18-8-4-3-5-9-18/h3-13,17,20H,14-16H2,1-2H3,(H2,29,33)(H,30,32)(H,34,35)/t20-/m0/s1. The Labute approximate surface area is 208 Å². The van der Waals surface area contributed by atoms with E-state index in [-0.39, 0.29) is 12.5 Å². The van der Waals surface area contributed by atoms with Crippen LogP contribution in [0.1, 0.15) is 36.2 Å². The van der Waals surface area contributed by atoms with E-state index in [2.05, 4.69) is 9.88 Å². The Kier molecular flexibility index (Phi) is 7.24. The molecular formula is C28H29N3O5. The van der Waals surface area contributed by atoms with Gasteiger partial charge in [-0.1, -0.05) is 56.3 Å². The normalized spacial score (nSPS) is 12.1. The summed E-state index contributed by atoms with van der Waals surface area (Å²) < 4.78 is 7.99. The number of ether oxygens (including phenoxy) is 1. The predicted octanol–water partition coefficient (Wildman–Crippen LogP) is 3.94. The smallest absolute Gasteiger partial charge is 0.326 e. The van der Waals surface area contributed by atoms with E-state index in [1.54, 1.807) is 18.2 Å². The minimum Gasteiger partial charge on any atom is -0.483 e. The molecule has 36 heavy (non-hydrogen) atoms. The van der Waals surface area contributed by atoms with Crippen molar-refractivity contribution >= 4 is 39.6 Å². The maximum absolute atomic E-state index is 12.6. The van der Waals surface area contributed by atoms with Gasteiger partial charge in [-0.15, -0.1) is 0 Å². The van der Waals surface area contributed by atoms with Gasteiger partial charge in [0.2, 0.25) is 5.91 Å². The van der Waals surface area contributed by atoms with Gasteiger partial charge >= 0.3 is 5.97 Å². The summed E-state index contributed by atoms with van der Waals surface area (Å²) in [5.74, 6) is -1.68. The number of carboxylic acid groups (broad SMARTS) is 1. The zero-order valence-corrected chi connectivity index (χ0v) is 20.2. The molecule has 4 N–H and O–H groups in total. The van der Waals surface area contributed by atoms with E-state index in [4.69, 9.17) is 10.5 Å². The van der Waals surface area contributed by atoms with E-state index in [0.717, 1.165) is 16.6 Å². The van der Waals surface area contributed by atoms with E-state index >= 15 is 0 Å². The molecule has 4 rings (SSSR count). The molecule has 2 amide bonds. The molecule has 0 saturated carbocycles. The fraction of sp³-hybridized carbons (Fsp3) is 0.250. The predicted molar refractivity (Wildman–Crippen MR) is 138 cm³/mol. The first-order valence-electron chi connectivity index (χ1n) is 11.8. The van der Waals surface area contributed by atoms with Crippen molar-refractivity contribution in [3.8, 4) is 5.75 Å². The largest absolute Gasteiger partial charge is 0.483 e. The van der Waals surface area contributed by atoms with Crippen molar-refractivity contribution in [1.82, 2.24) is 9.88 Å². The van der Waals surface area contributed by atoms with Gasteiger partial charge < -0.3 is 25.5 Å². The van der Waals surface area contributed by atoms with Crippen molar-refractivity contribution in [2.45, 2.75) is 32.9 Å². The lowest BCUT2D eigenvalue weighted by Gasteiger charge is -2.17. The molecule has 0 bridgehead atoms. The van der Waals surface area contributed by atoms with E-state index in [9.17, 15) is 19.5 Å². The Morgan fingerprint density at radius 1 is 0.944 bits per heavy atom. The van der Waals surface area contributed by atoms with Crippen molar-refractivity contribution in [3.05, 3.63) is 77.9 Å². The van der Waals surface area contributed by atoms with E-state index in [1.165, 1.54) is 0 Å². The monoisotopic (exact) mass is 487 g/mol. The molecule has 1 heterocycles. The van der Waals surface area contributed by atoms with Crippen LogP contribution >= 0.6 is 0 Å². The van der Waals surface area contributed by atoms with Crippen LogP contribution in [0.25, 0.3) is 21.8 Å². The minimum absolute atomic E-state index is 0.101. The number of aliphatic carboxylic acids is 1. The average Bonchev–Trinajstić information content (AvgIpc) is 3.16. The van der Waals surface area contributed by atoms with E-state index in [0.29, 0.717) is 35.1 Å². The first-order valence-corrected chi connectivity index (χ1v) is 11.8. The number of aromatic nitrogens is 1. The van der Waals surface area contributed by atoms with Gasteiger partial charge in [0.15, 0.2) is 6.61 Å². The van der Waals surface area contributed by atoms with Crippen molar-refractivity contribution in [2.24, 2.45) is 11.7 Å². The molecule has 0 unspecified atom stereocenters. The second-order valence-electron chi connectivity index (χ2n) is 9.16. The number of primary amides is 1. The molecule has 0 spiro atoms. The van der Waals surface area contributed by atoms with Gasteiger partial charge in [0.05, 0.1) is 16.4 Å². The maximum Gasteiger partial charge on any atom is 0.326 e. The van der Waals surface area contributed by atoms with Crippen LogP contribution in [0.5, 0.6) is 5.75 Å². The topological polar surface area (TPSA) is 124 Å². The third kappa shape index (κ3) is 5.17. The lowest BCUT2D eigenvalue weighted by Crippen LogP contribution is -2.43. The Balaban J connectivity index is 1.74. The van der Waals surface area contributed by atoms with Crippen molar-refractivity contribution in [3.63, 3.8) is 0 Å². The van der Waals surface area contributed by atoms with Gasteiger partial charge in [-0.25, -0.2) is 4.79 Å². The minimum atomic E-state index is -1.09. The summed E-state index contributed by atoms with van der Waals surface area (Å²) in [7, 11) is 0. The van der Waals surface area contributed by atoms with Crippen molar-refractivity contribution in [1.29, 1.82) is 0 Å². The summed E-state index contributed by atoms with van der Waals surface area (Å²) in [4.78, 5) is 36.4. The van der Waals surface area contributed by atoms with Crippen molar-refractivity contribution < 1.29 is 24.2 Å². The SMILES string of the molecule is CC(C)C[C@H](NC(=O)COc1cccc2c1c1c(C(N)=O)cccc1n2Cc1ccccc1)C(=O)O. The first-order chi connectivity index (χ1) is 17.3. The highest BCUT2D eigenvalue weighted by Crippen LogP contribution is 2.38. The van der Waals surface area contributed by atoms with Gasteiger partial charge in [0, 0.05) is 17.5 Å². The molecule has 0 fully saturated rings. The van der Waals surface area contributed by atoms with Crippen molar-refractivity contribution in [2.75, 3.05) is 6.61 Å². The number of carboxylic acids is 1. The molecule has 0 saturated heterocycles. The van der Waals surface area contributed by atoms with Gasteiger partial charge in [0.1, 0.15) is 11.8 Å². The summed E-state index contributed by atoms with van der Waals surface area (Å²) in [6.07, 6.45) is 0.311. The quantitative estimate of drug-likeness (QED) is 0.313. The highest BCUT2D eigenvalue weighted by molar-refractivity contribution is 6.19. The number of nitrogens with two attached hydrogens (primary N) is 1. The summed E-state index contributed by atoms with van der Waals surface area (Å²) in [6, 6.07) is 19.8. The number of carbonyl (C=O) groups is 3. The summed E-state index contributed by atoms with van der Waals surface area (Å²) in [5, 5.41) is 13.3. The molecule has 3 aromatic carbocycles. The molecular weight excluding hydrogens is 458 g/mol. The molecule has 1 aromatic heterocycles. The van der Waals surface area contributed by atoms with Crippen LogP contribution in [0.4, 0.5) is 0 Å². The number of hydrogen-bond donors (Lipinski definition) is 3. The zero-order chi connectivity index (χ0) is 25.8. The van der Waals surface area contributed by atoms with Gasteiger partial charge in [-0.2, -0.15) is 0 Å². The number of benzene rings is 3. The number of hydrogen-bond acceptors (Lipinski definition) is 4. The number of rotatable bonds is 10. The number of nitrogens with one attached hydrogen (secondary N) is 1. The van der Waals surface area contributed by atoms with Gasteiger partial charge in [0.25, 0.3) is 5.91 Å². The van der Waals surface area contributed by atoms with Crippen LogP contribution in [0.15, 0.2) is 66.7 Å². The zero-order valence-electron chi connectivity index (χ0n) is 20.2.